The molecule has 1 aliphatic carbocycles. The van der Waals surface area contributed by atoms with Gasteiger partial charge in [0.1, 0.15) is 11.3 Å². The lowest BCUT2D eigenvalue weighted by Gasteiger charge is -2.24. The van der Waals surface area contributed by atoms with Crippen molar-refractivity contribution in [3.05, 3.63) is 42.7 Å². The third-order valence-corrected chi connectivity index (χ3v) is 5.57. The molecule has 2 unspecified atom stereocenters. The monoisotopic (exact) mass is 478 g/mol. The molecule has 0 radical (unpaired) electrons. The van der Waals surface area contributed by atoms with Crippen molar-refractivity contribution in [1.82, 2.24) is 4.98 Å². The molecule has 1 aliphatic heterocycles. The lowest BCUT2D eigenvalue weighted by molar-refractivity contribution is -0.274. The minimum absolute atomic E-state index is 0.0910. The second-order valence-corrected chi connectivity index (χ2v) is 8.30. The average molecular weight is 478 g/mol. The summed E-state index contributed by atoms with van der Waals surface area (Å²) < 4.78 is 46.3. The van der Waals surface area contributed by atoms with E-state index in [1.807, 2.05) is 6.92 Å². The molecule has 1 N–H and O–H groups in total. The highest BCUT2D eigenvalue weighted by Gasteiger charge is 2.70. The second kappa shape index (κ2) is 8.19. The van der Waals surface area contributed by atoms with Crippen molar-refractivity contribution < 1.29 is 37.0 Å². The number of urea groups is 1. The standard InChI is InChI=1S/C22H21F3N4O5/c1-12(2)33-19(31)27-16-11-26-9-8-17(16)29-20(32)28(18(30)21(29)10-13(21)3)14-4-6-15(7-5-14)34-22(23,24)25/h4-9,11-13H,10H2,1-3H3,(H,27,31). The van der Waals surface area contributed by atoms with E-state index < -0.39 is 35.7 Å². The van der Waals surface area contributed by atoms with E-state index in [2.05, 4.69) is 15.0 Å². The fourth-order valence-electron chi connectivity index (χ4n) is 4.04. The van der Waals surface area contributed by atoms with Crippen molar-refractivity contribution in [2.45, 2.75) is 45.2 Å². The van der Waals surface area contributed by atoms with Gasteiger partial charge in [-0.25, -0.2) is 14.5 Å². The molecule has 2 heterocycles. The first-order valence-electron chi connectivity index (χ1n) is 10.4. The number of halogens is 3. The number of nitrogens with one attached hydrogen (secondary N) is 1. The Labute approximate surface area is 192 Å². The molecule has 1 aromatic heterocycles. The van der Waals surface area contributed by atoms with Crippen molar-refractivity contribution in [1.29, 1.82) is 0 Å². The molecular formula is C22H21F3N4O5. The highest BCUT2D eigenvalue weighted by Crippen LogP contribution is 2.56. The Kier molecular flexibility index (Phi) is 5.62. The molecule has 0 bridgehead atoms. The van der Waals surface area contributed by atoms with Crippen LogP contribution in [0.5, 0.6) is 5.75 Å². The lowest BCUT2D eigenvalue weighted by Crippen LogP contribution is -2.39. The number of carbonyl (C=O) groups excluding carboxylic acids is 3. The van der Waals surface area contributed by atoms with Crippen LogP contribution in [0.1, 0.15) is 27.2 Å². The molecule has 1 saturated carbocycles. The normalized spacial score (nSPS) is 21.9. The zero-order valence-electron chi connectivity index (χ0n) is 18.4. The lowest BCUT2D eigenvalue weighted by atomic mass is 10.1. The number of alkyl halides is 3. The zero-order chi connectivity index (χ0) is 24.8. The minimum Gasteiger partial charge on any atom is -0.447 e. The van der Waals surface area contributed by atoms with E-state index in [0.29, 0.717) is 6.42 Å². The van der Waals surface area contributed by atoms with Gasteiger partial charge >= 0.3 is 18.5 Å². The first-order valence-corrected chi connectivity index (χ1v) is 10.4. The summed E-state index contributed by atoms with van der Waals surface area (Å²) in [5, 5.41) is 2.55. The molecular weight excluding hydrogens is 457 g/mol. The molecule has 1 saturated heterocycles. The number of hydrogen-bond donors (Lipinski definition) is 1. The molecule has 2 atom stereocenters. The number of pyridine rings is 1. The van der Waals surface area contributed by atoms with Gasteiger partial charge in [0.15, 0.2) is 0 Å². The van der Waals surface area contributed by atoms with Gasteiger partial charge in [0, 0.05) is 6.20 Å². The van der Waals surface area contributed by atoms with Crippen molar-refractivity contribution in [2.24, 2.45) is 5.92 Å². The van der Waals surface area contributed by atoms with Gasteiger partial charge in [-0.3, -0.25) is 20.0 Å². The summed E-state index contributed by atoms with van der Waals surface area (Å²) in [6.45, 7) is 5.16. The molecule has 12 heteroatoms. The van der Waals surface area contributed by atoms with Gasteiger partial charge < -0.3 is 9.47 Å². The topological polar surface area (TPSA) is 101 Å². The van der Waals surface area contributed by atoms with Crippen LogP contribution in [0.2, 0.25) is 0 Å². The summed E-state index contributed by atoms with van der Waals surface area (Å²) in [6.07, 6.45) is -2.88. The van der Waals surface area contributed by atoms with E-state index in [0.717, 1.165) is 17.0 Å². The smallest absolute Gasteiger partial charge is 0.447 e. The fraction of sp³-hybridized carbons (Fsp3) is 0.364. The van der Waals surface area contributed by atoms with E-state index in [1.54, 1.807) is 13.8 Å². The van der Waals surface area contributed by atoms with Gasteiger partial charge in [-0.2, -0.15) is 0 Å². The maximum atomic E-state index is 13.5. The number of anilines is 3. The number of carbonyl (C=O) groups is 3. The van der Waals surface area contributed by atoms with E-state index in [-0.39, 0.29) is 29.1 Å². The minimum atomic E-state index is -4.87. The number of aromatic nitrogens is 1. The number of ether oxygens (including phenoxy) is 2. The first kappa shape index (κ1) is 23.3. The number of benzene rings is 1. The van der Waals surface area contributed by atoms with Gasteiger partial charge in [0.25, 0.3) is 5.91 Å². The van der Waals surface area contributed by atoms with Crippen LogP contribution in [0, 0.1) is 5.92 Å². The number of rotatable bonds is 5. The number of nitrogens with zero attached hydrogens (tertiary/aromatic N) is 3. The molecule has 2 aromatic rings. The Hall–Kier alpha value is -3.83. The highest BCUT2D eigenvalue weighted by atomic mass is 19.4. The van der Waals surface area contributed by atoms with Crippen molar-refractivity contribution in [2.75, 3.05) is 15.1 Å². The van der Waals surface area contributed by atoms with Gasteiger partial charge in [-0.05, 0) is 56.5 Å². The summed E-state index contributed by atoms with van der Waals surface area (Å²) in [5.41, 5.74) is -0.674. The molecule has 2 aliphatic rings. The van der Waals surface area contributed by atoms with Gasteiger partial charge in [-0.1, -0.05) is 6.92 Å². The molecule has 2 fully saturated rings. The third-order valence-electron chi connectivity index (χ3n) is 5.57. The van der Waals surface area contributed by atoms with Crippen molar-refractivity contribution >= 4 is 35.1 Å². The SMILES string of the molecule is CC(C)OC(=O)Nc1cnccc1N1C(=O)N(c2ccc(OC(F)(F)F)cc2)C(=O)C12CC2C. The summed E-state index contributed by atoms with van der Waals surface area (Å²) in [7, 11) is 0. The number of hydrogen-bond acceptors (Lipinski definition) is 6. The van der Waals surface area contributed by atoms with Crippen LogP contribution in [0.4, 0.5) is 39.8 Å². The Bertz CT molecular complexity index is 1140. The number of imide groups is 1. The predicted molar refractivity (Wildman–Crippen MR) is 114 cm³/mol. The van der Waals surface area contributed by atoms with E-state index in [9.17, 15) is 27.6 Å². The van der Waals surface area contributed by atoms with Gasteiger partial charge in [-0.15, -0.1) is 13.2 Å². The Balaban J connectivity index is 1.68. The van der Waals surface area contributed by atoms with Crippen LogP contribution >= 0.6 is 0 Å². The predicted octanol–water partition coefficient (Wildman–Crippen LogP) is 4.69. The van der Waals surface area contributed by atoms with Crippen LogP contribution in [0.15, 0.2) is 42.7 Å². The van der Waals surface area contributed by atoms with Crippen LogP contribution < -0.4 is 19.9 Å². The Morgan fingerprint density at radius 3 is 2.41 bits per heavy atom. The molecule has 9 nitrogen and oxygen atoms in total. The number of amides is 4. The second-order valence-electron chi connectivity index (χ2n) is 8.30. The maximum Gasteiger partial charge on any atom is 0.573 e. The molecule has 1 spiro atoms. The first-order chi connectivity index (χ1) is 15.9. The van der Waals surface area contributed by atoms with Gasteiger partial charge in [0.05, 0.1) is 29.4 Å². The van der Waals surface area contributed by atoms with Crippen LogP contribution in [0.3, 0.4) is 0 Å². The molecule has 180 valence electrons. The Morgan fingerprint density at radius 2 is 1.85 bits per heavy atom. The van der Waals surface area contributed by atoms with Crippen molar-refractivity contribution in [3.8, 4) is 5.75 Å². The van der Waals surface area contributed by atoms with Gasteiger partial charge in [0.2, 0.25) is 0 Å². The molecule has 34 heavy (non-hydrogen) atoms. The maximum absolute atomic E-state index is 13.5. The quantitative estimate of drug-likeness (QED) is 0.626. The molecule has 4 amide bonds. The molecule has 1 aromatic carbocycles. The average Bonchev–Trinajstić information content (AvgIpc) is 3.34. The summed E-state index contributed by atoms with van der Waals surface area (Å²) in [4.78, 5) is 45.3. The fourth-order valence-corrected chi connectivity index (χ4v) is 4.04. The van der Waals surface area contributed by atoms with Crippen LogP contribution in [-0.2, 0) is 9.53 Å². The highest BCUT2D eigenvalue weighted by molar-refractivity contribution is 6.32. The summed E-state index contributed by atoms with van der Waals surface area (Å²) >= 11 is 0. The largest absolute Gasteiger partial charge is 0.573 e. The third kappa shape index (κ3) is 4.11. The Morgan fingerprint density at radius 1 is 1.21 bits per heavy atom. The summed E-state index contributed by atoms with van der Waals surface area (Å²) in [5.74, 6) is -1.18. The van der Waals surface area contributed by atoms with Crippen LogP contribution in [-0.4, -0.2) is 41.0 Å². The summed E-state index contributed by atoms with van der Waals surface area (Å²) in [6, 6.07) is 5.24. The molecule has 4 rings (SSSR count). The van der Waals surface area contributed by atoms with E-state index in [4.69, 9.17) is 4.74 Å². The zero-order valence-corrected chi connectivity index (χ0v) is 18.4. The van der Waals surface area contributed by atoms with E-state index in [1.165, 1.54) is 35.5 Å². The van der Waals surface area contributed by atoms with Crippen molar-refractivity contribution in [3.63, 3.8) is 0 Å². The van der Waals surface area contributed by atoms with Crippen LogP contribution in [0.25, 0.3) is 0 Å². The van der Waals surface area contributed by atoms with E-state index >= 15 is 0 Å².